The van der Waals surface area contributed by atoms with Gasteiger partial charge in [-0.05, 0) is 36.6 Å². The number of carbonyl (C=O) groups is 2. The van der Waals surface area contributed by atoms with E-state index in [9.17, 15) is 19.1 Å². The SMILES string of the molecule is C#Cc1ccc(Nc2c(C(=O)NOC[C@H](O)CO)c3c(n2C)C(=O)CCC3)c(F)c1. The number of fused-ring (bicyclic) bond motifs is 1. The van der Waals surface area contributed by atoms with Crippen molar-refractivity contribution in [1.29, 1.82) is 0 Å². The number of rotatable bonds is 7. The van der Waals surface area contributed by atoms with Crippen LogP contribution >= 0.6 is 0 Å². The monoisotopic (exact) mass is 415 g/mol. The van der Waals surface area contributed by atoms with E-state index in [-0.39, 0.29) is 29.5 Å². The quantitative estimate of drug-likeness (QED) is 0.402. The number of hydroxylamine groups is 1. The highest BCUT2D eigenvalue weighted by Crippen LogP contribution is 2.34. The first kappa shape index (κ1) is 21.5. The van der Waals surface area contributed by atoms with E-state index in [1.165, 1.54) is 16.7 Å². The van der Waals surface area contributed by atoms with Gasteiger partial charge in [-0.15, -0.1) is 6.42 Å². The van der Waals surface area contributed by atoms with Crippen LogP contribution in [0.4, 0.5) is 15.9 Å². The smallest absolute Gasteiger partial charge is 0.278 e. The Morgan fingerprint density at radius 1 is 1.43 bits per heavy atom. The molecule has 158 valence electrons. The Kier molecular flexibility index (Phi) is 6.52. The Morgan fingerprint density at radius 3 is 2.87 bits per heavy atom. The molecule has 0 saturated carbocycles. The maximum Gasteiger partial charge on any atom is 0.278 e. The number of aliphatic hydroxyl groups excluding tert-OH is 2. The van der Waals surface area contributed by atoms with Crippen LogP contribution < -0.4 is 10.8 Å². The zero-order valence-electron chi connectivity index (χ0n) is 16.4. The summed E-state index contributed by atoms with van der Waals surface area (Å²) in [6.07, 6.45) is 5.58. The number of amides is 1. The number of anilines is 2. The number of hydrogen-bond acceptors (Lipinski definition) is 6. The first-order valence-corrected chi connectivity index (χ1v) is 9.36. The van der Waals surface area contributed by atoms with Crippen molar-refractivity contribution in [1.82, 2.24) is 10.0 Å². The van der Waals surface area contributed by atoms with Gasteiger partial charge in [-0.2, -0.15) is 0 Å². The lowest BCUT2D eigenvalue weighted by Crippen LogP contribution is -2.30. The Bertz CT molecular complexity index is 1020. The molecule has 1 aromatic heterocycles. The molecule has 1 amide bonds. The topological polar surface area (TPSA) is 113 Å². The molecule has 1 aliphatic carbocycles. The van der Waals surface area contributed by atoms with Gasteiger partial charge in [0.15, 0.2) is 5.78 Å². The van der Waals surface area contributed by atoms with E-state index in [4.69, 9.17) is 16.4 Å². The van der Waals surface area contributed by atoms with Gasteiger partial charge in [0.25, 0.3) is 5.91 Å². The number of carbonyl (C=O) groups excluding carboxylic acids is 2. The predicted molar refractivity (Wildman–Crippen MR) is 107 cm³/mol. The van der Waals surface area contributed by atoms with Crippen molar-refractivity contribution in [3.05, 3.63) is 46.4 Å². The van der Waals surface area contributed by atoms with E-state index in [1.807, 2.05) is 0 Å². The third kappa shape index (κ3) is 4.21. The van der Waals surface area contributed by atoms with Crippen LogP contribution in [0.25, 0.3) is 0 Å². The van der Waals surface area contributed by atoms with Crippen molar-refractivity contribution in [2.75, 3.05) is 18.5 Å². The fourth-order valence-electron chi connectivity index (χ4n) is 3.42. The van der Waals surface area contributed by atoms with Crippen LogP contribution in [0, 0.1) is 18.2 Å². The number of terminal acetylenes is 1. The summed E-state index contributed by atoms with van der Waals surface area (Å²) in [7, 11) is 1.62. The summed E-state index contributed by atoms with van der Waals surface area (Å²) in [6, 6.07) is 4.20. The number of benzene rings is 1. The molecule has 0 bridgehead atoms. The second kappa shape index (κ2) is 9.09. The lowest BCUT2D eigenvalue weighted by molar-refractivity contribution is -0.0295. The zero-order chi connectivity index (χ0) is 21.8. The van der Waals surface area contributed by atoms with Gasteiger partial charge in [0.1, 0.15) is 24.3 Å². The lowest BCUT2D eigenvalue weighted by Gasteiger charge is -2.13. The highest BCUT2D eigenvalue weighted by atomic mass is 19.1. The summed E-state index contributed by atoms with van der Waals surface area (Å²) in [6.45, 7) is -0.841. The molecule has 1 aromatic carbocycles. The summed E-state index contributed by atoms with van der Waals surface area (Å²) < 4.78 is 16.0. The molecule has 4 N–H and O–H groups in total. The fourth-order valence-corrected chi connectivity index (χ4v) is 3.42. The van der Waals surface area contributed by atoms with Crippen LogP contribution in [0.15, 0.2) is 18.2 Å². The summed E-state index contributed by atoms with van der Waals surface area (Å²) in [5.41, 5.74) is 3.74. The fraction of sp³-hybridized carbons (Fsp3) is 0.333. The van der Waals surface area contributed by atoms with Crippen LogP contribution in [0.5, 0.6) is 0 Å². The first-order valence-electron chi connectivity index (χ1n) is 9.36. The highest BCUT2D eigenvalue weighted by Gasteiger charge is 2.32. The largest absolute Gasteiger partial charge is 0.394 e. The van der Waals surface area contributed by atoms with Crippen LogP contribution in [0.2, 0.25) is 0 Å². The second-order valence-electron chi connectivity index (χ2n) is 6.93. The first-order chi connectivity index (χ1) is 14.4. The Hall–Kier alpha value is -3.19. The Labute approximate surface area is 172 Å². The molecular weight excluding hydrogens is 393 g/mol. The highest BCUT2D eigenvalue weighted by molar-refractivity contribution is 6.07. The zero-order valence-corrected chi connectivity index (χ0v) is 16.4. The summed E-state index contributed by atoms with van der Waals surface area (Å²) in [5.74, 6) is 1.20. The van der Waals surface area contributed by atoms with Crippen molar-refractivity contribution in [2.45, 2.75) is 25.4 Å². The summed E-state index contributed by atoms with van der Waals surface area (Å²) >= 11 is 0. The number of nitrogens with one attached hydrogen (secondary N) is 2. The number of aromatic nitrogens is 1. The molecule has 30 heavy (non-hydrogen) atoms. The Morgan fingerprint density at radius 2 is 2.20 bits per heavy atom. The van der Waals surface area contributed by atoms with Gasteiger partial charge >= 0.3 is 0 Å². The molecule has 0 saturated heterocycles. The van der Waals surface area contributed by atoms with Gasteiger partial charge < -0.3 is 20.1 Å². The van der Waals surface area contributed by atoms with Crippen LogP contribution in [0.3, 0.4) is 0 Å². The average Bonchev–Trinajstić information content (AvgIpc) is 3.02. The number of halogens is 1. The van der Waals surface area contributed by atoms with E-state index in [2.05, 4.69) is 16.7 Å². The number of ketones is 1. The van der Waals surface area contributed by atoms with Crippen molar-refractivity contribution in [3.8, 4) is 12.3 Å². The van der Waals surface area contributed by atoms with Crippen molar-refractivity contribution in [3.63, 3.8) is 0 Å². The normalized spacial score (nSPS) is 14.0. The molecule has 9 heteroatoms. The second-order valence-corrected chi connectivity index (χ2v) is 6.93. The standard InChI is InChI=1S/C21H22FN3O5/c1-3-12-7-8-16(15(22)9-12)23-20-18(21(29)24-30-11-13(27)10-26)14-5-4-6-17(28)19(14)25(20)2/h1,7-9,13,23,26-27H,4-6,10-11H2,2H3,(H,24,29)/t13-/m1/s1. The lowest BCUT2D eigenvalue weighted by atomic mass is 9.93. The van der Waals surface area contributed by atoms with Gasteiger partial charge in [-0.1, -0.05) is 5.92 Å². The molecule has 8 nitrogen and oxygen atoms in total. The van der Waals surface area contributed by atoms with E-state index < -0.39 is 24.4 Å². The van der Waals surface area contributed by atoms with Crippen LogP contribution in [-0.2, 0) is 18.3 Å². The Balaban J connectivity index is 1.98. The predicted octanol–water partition coefficient (Wildman–Crippen LogP) is 1.42. The number of nitrogens with zero attached hydrogens (tertiary/aromatic N) is 1. The van der Waals surface area contributed by atoms with Crippen molar-refractivity contribution >= 4 is 23.2 Å². The van der Waals surface area contributed by atoms with Gasteiger partial charge in [0, 0.05) is 19.0 Å². The molecule has 3 rings (SSSR count). The molecule has 0 aliphatic heterocycles. The molecule has 2 aromatic rings. The molecule has 0 unspecified atom stereocenters. The molecule has 0 spiro atoms. The van der Waals surface area contributed by atoms with Gasteiger partial charge in [0.05, 0.1) is 23.6 Å². The number of hydrogen-bond donors (Lipinski definition) is 4. The molecule has 1 aliphatic rings. The van der Waals surface area contributed by atoms with Gasteiger partial charge in [-0.3, -0.25) is 14.4 Å². The van der Waals surface area contributed by atoms with E-state index in [0.29, 0.717) is 36.1 Å². The number of Topliss-reactive ketones (excluding diaryl/α,β-unsaturated/α-hetero) is 1. The average molecular weight is 415 g/mol. The van der Waals surface area contributed by atoms with Crippen LogP contribution in [-0.4, -0.2) is 45.8 Å². The van der Waals surface area contributed by atoms with Crippen molar-refractivity contribution < 1.29 is 29.0 Å². The minimum Gasteiger partial charge on any atom is -0.394 e. The third-order valence-corrected chi connectivity index (χ3v) is 4.86. The van der Waals surface area contributed by atoms with Gasteiger partial charge in [-0.25, -0.2) is 9.87 Å². The van der Waals surface area contributed by atoms with E-state index >= 15 is 0 Å². The molecule has 0 radical (unpaired) electrons. The van der Waals surface area contributed by atoms with E-state index in [1.54, 1.807) is 13.1 Å². The maximum atomic E-state index is 14.5. The molecule has 0 fully saturated rings. The minimum atomic E-state index is -1.15. The number of aliphatic hydroxyl groups is 2. The maximum absolute atomic E-state index is 14.5. The summed E-state index contributed by atoms with van der Waals surface area (Å²) in [4.78, 5) is 30.3. The van der Waals surface area contributed by atoms with Gasteiger partial charge in [0.2, 0.25) is 0 Å². The molecule has 1 heterocycles. The van der Waals surface area contributed by atoms with E-state index in [0.717, 1.165) is 0 Å². The van der Waals surface area contributed by atoms with Crippen molar-refractivity contribution in [2.24, 2.45) is 7.05 Å². The summed E-state index contributed by atoms with van der Waals surface area (Å²) in [5, 5.41) is 21.1. The minimum absolute atomic E-state index is 0.0880. The molecule has 1 atom stereocenters. The van der Waals surface area contributed by atoms with Crippen LogP contribution in [0.1, 0.15) is 44.8 Å². The molecular formula is C21H22FN3O5. The third-order valence-electron chi connectivity index (χ3n) is 4.86.